The molecule has 0 radical (unpaired) electrons. The Morgan fingerprint density at radius 3 is 2.11 bits per heavy atom. The van der Waals surface area contributed by atoms with Crippen molar-refractivity contribution in [3.05, 3.63) is 11.6 Å². The monoisotopic (exact) mass is 764 g/mol. The molecule has 0 aromatic carbocycles. The zero-order valence-electron chi connectivity index (χ0n) is 33.6. The second kappa shape index (κ2) is 13.7. The normalized spacial score (nSPS) is 53.9. The zero-order chi connectivity index (χ0) is 39.6. The molecule has 12 nitrogen and oxygen atoms in total. The predicted octanol–water partition coefficient (Wildman–Crippen LogP) is 3.91. The summed E-state index contributed by atoms with van der Waals surface area (Å²) in [5.41, 5.74) is 0.395. The van der Waals surface area contributed by atoms with Crippen molar-refractivity contribution >= 4 is 5.97 Å². The van der Waals surface area contributed by atoms with E-state index in [-0.39, 0.29) is 45.0 Å². The maximum atomic E-state index is 13.0. The summed E-state index contributed by atoms with van der Waals surface area (Å²) < 4.78 is 24.2. The number of rotatable bonds is 6. The highest BCUT2D eigenvalue weighted by Crippen LogP contribution is 2.76. The molecule has 12 heteroatoms. The van der Waals surface area contributed by atoms with Crippen molar-refractivity contribution < 1.29 is 59.5 Å². The van der Waals surface area contributed by atoms with Crippen molar-refractivity contribution in [3.63, 3.8) is 0 Å². The van der Waals surface area contributed by atoms with Crippen LogP contribution in [0, 0.1) is 50.2 Å². The van der Waals surface area contributed by atoms with Crippen molar-refractivity contribution in [2.24, 2.45) is 50.2 Å². The highest BCUT2D eigenvalue weighted by atomic mass is 16.7. The summed E-state index contributed by atoms with van der Waals surface area (Å²) in [7, 11) is 0. The standard InChI is InChI=1S/C42H68O12/c1-21-28(44)30(46)31(47)34(51-21)54-33-29(45)24(20-43)52-35(32(33)48)53-27-12-13-39(6)25(38(27,4)5)11-14-41(8)26(39)10-9-22-23-19-37(2,3)15-17-42(23,36(49)50)18-16-40(22,41)7/h9,21,23-35,43-48H,10-20H2,1-8H3,(H,49,50)/t21-,23-,24+,25-,26+,27?,28-,29+,30+,31+,32+,33-,34-,35-,39-,40+,41+,42-/m0/s1. The molecule has 5 aliphatic carbocycles. The van der Waals surface area contributed by atoms with E-state index in [0.717, 1.165) is 57.8 Å². The van der Waals surface area contributed by atoms with E-state index < -0.39 is 79.4 Å². The molecule has 4 saturated carbocycles. The number of aliphatic hydroxyl groups is 6. The van der Waals surface area contributed by atoms with Crippen molar-refractivity contribution in [1.82, 2.24) is 0 Å². The van der Waals surface area contributed by atoms with Gasteiger partial charge >= 0.3 is 5.97 Å². The quantitative estimate of drug-likeness (QED) is 0.153. The fourth-order valence-electron chi connectivity index (χ4n) is 13.6. The number of fused-ring (bicyclic) bond motifs is 7. The van der Waals surface area contributed by atoms with Crippen molar-refractivity contribution in [2.75, 3.05) is 6.61 Å². The van der Waals surface area contributed by atoms with Gasteiger partial charge in [0.25, 0.3) is 0 Å². The van der Waals surface area contributed by atoms with Gasteiger partial charge < -0.3 is 54.7 Å². The summed E-state index contributed by atoms with van der Waals surface area (Å²) in [6.07, 6.45) is -2.79. The first kappa shape index (κ1) is 41.0. The molecule has 18 atom stereocenters. The van der Waals surface area contributed by atoms with E-state index >= 15 is 0 Å². The molecule has 0 aromatic heterocycles. The number of allylic oxidation sites excluding steroid dienone is 2. The lowest BCUT2D eigenvalue weighted by Crippen LogP contribution is -2.66. The Bertz CT molecular complexity index is 1470. The second-order valence-corrected chi connectivity index (χ2v) is 20.7. The van der Waals surface area contributed by atoms with E-state index in [0.29, 0.717) is 12.3 Å². The minimum Gasteiger partial charge on any atom is -0.481 e. The highest BCUT2D eigenvalue weighted by Gasteiger charge is 2.69. The number of carbonyl (C=O) groups is 1. The molecule has 2 saturated heterocycles. The Kier molecular flexibility index (Phi) is 10.4. The van der Waals surface area contributed by atoms with Gasteiger partial charge in [0.05, 0.1) is 24.2 Å². The molecule has 308 valence electrons. The first-order chi connectivity index (χ1) is 25.1. The summed E-state index contributed by atoms with van der Waals surface area (Å²) in [4.78, 5) is 13.0. The Balaban J connectivity index is 1.12. The summed E-state index contributed by atoms with van der Waals surface area (Å²) >= 11 is 0. The fourth-order valence-corrected chi connectivity index (χ4v) is 13.6. The smallest absolute Gasteiger partial charge is 0.310 e. The van der Waals surface area contributed by atoms with Crippen LogP contribution in [0.1, 0.15) is 120 Å². The number of aliphatic carboxylic acids is 1. The molecule has 0 spiro atoms. The molecule has 0 bridgehead atoms. The van der Waals surface area contributed by atoms with Crippen LogP contribution < -0.4 is 0 Å². The van der Waals surface area contributed by atoms with E-state index in [9.17, 15) is 40.5 Å². The lowest BCUT2D eigenvalue weighted by Gasteiger charge is -2.71. The Labute approximate surface area is 320 Å². The van der Waals surface area contributed by atoms with Crippen LogP contribution >= 0.6 is 0 Å². The summed E-state index contributed by atoms with van der Waals surface area (Å²) in [6.45, 7) is 17.4. The SMILES string of the molecule is C[C@@H]1O[C@@H](O[C@@H]2[C@@H](O)[C@H](OC3CC[C@]4(C)[C@H]5CC=C6[C@@H]7CC(C)(C)CC[C@]7(C(=O)O)CC[C@@]6(C)[C@]5(C)CC[C@H]4C3(C)C)O[C@H](CO)[C@H]2O)[C@H](O)[C@H](O)[C@H]1O. The van der Waals surface area contributed by atoms with Gasteiger partial charge in [-0.05, 0) is 116 Å². The van der Waals surface area contributed by atoms with Gasteiger partial charge in [-0.15, -0.1) is 0 Å². The molecule has 7 N–H and O–H groups in total. The van der Waals surface area contributed by atoms with E-state index in [4.69, 9.17) is 18.9 Å². The Morgan fingerprint density at radius 2 is 1.44 bits per heavy atom. The zero-order valence-corrected chi connectivity index (χ0v) is 33.6. The number of carboxylic acid groups (broad SMARTS) is 1. The third-order valence-electron chi connectivity index (χ3n) is 17.2. The summed E-state index contributed by atoms with van der Waals surface area (Å²) in [5, 5.41) is 74.6. The Morgan fingerprint density at radius 1 is 0.778 bits per heavy atom. The lowest BCUT2D eigenvalue weighted by molar-refractivity contribution is -0.367. The van der Waals surface area contributed by atoms with E-state index in [1.165, 1.54) is 12.5 Å². The van der Waals surface area contributed by atoms with Crippen LogP contribution in [-0.4, -0.2) is 116 Å². The third-order valence-corrected chi connectivity index (χ3v) is 17.2. The van der Waals surface area contributed by atoms with Gasteiger partial charge in [0.1, 0.15) is 42.7 Å². The second-order valence-electron chi connectivity index (χ2n) is 20.7. The lowest BCUT2D eigenvalue weighted by atomic mass is 9.33. The minimum atomic E-state index is -1.65. The summed E-state index contributed by atoms with van der Waals surface area (Å²) in [5.74, 6) is 0.119. The van der Waals surface area contributed by atoms with Crippen LogP contribution in [0.5, 0.6) is 0 Å². The van der Waals surface area contributed by atoms with Crippen LogP contribution in [0.15, 0.2) is 11.6 Å². The first-order valence-corrected chi connectivity index (χ1v) is 20.6. The molecule has 7 rings (SSSR count). The van der Waals surface area contributed by atoms with Crippen molar-refractivity contribution in [2.45, 2.75) is 187 Å². The van der Waals surface area contributed by atoms with Gasteiger partial charge in [-0.3, -0.25) is 4.79 Å². The topological polar surface area (TPSA) is 196 Å². The largest absolute Gasteiger partial charge is 0.481 e. The Hall–Kier alpha value is -1.19. The molecule has 7 aliphatic rings. The van der Waals surface area contributed by atoms with E-state index in [1.54, 1.807) is 0 Å². The number of carboxylic acids is 1. The molecule has 6 fully saturated rings. The van der Waals surface area contributed by atoms with Crippen molar-refractivity contribution in [1.29, 1.82) is 0 Å². The molecular weight excluding hydrogens is 696 g/mol. The number of ether oxygens (including phenoxy) is 4. The van der Waals surface area contributed by atoms with Crippen LogP contribution in [0.4, 0.5) is 0 Å². The van der Waals surface area contributed by atoms with Gasteiger partial charge in [-0.1, -0.05) is 60.1 Å². The van der Waals surface area contributed by atoms with Crippen LogP contribution in [0.2, 0.25) is 0 Å². The molecule has 1 unspecified atom stereocenters. The van der Waals surface area contributed by atoms with Crippen molar-refractivity contribution in [3.8, 4) is 0 Å². The van der Waals surface area contributed by atoms with Crippen LogP contribution in [0.25, 0.3) is 0 Å². The molecule has 54 heavy (non-hydrogen) atoms. The van der Waals surface area contributed by atoms with Gasteiger partial charge in [-0.2, -0.15) is 0 Å². The van der Waals surface area contributed by atoms with Gasteiger partial charge in [-0.25, -0.2) is 0 Å². The maximum Gasteiger partial charge on any atom is 0.310 e. The summed E-state index contributed by atoms with van der Waals surface area (Å²) in [6, 6.07) is 0. The molecule has 0 amide bonds. The third kappa shape index (κ3) is 5.93. The number of aliphatic hydroxyl groups excluding tert-OH is 6. The van der Waals surface area contributed by atoms with Gasteiger partial charge in [0, 0.05) is 0 Å². The van der Waals surface area contributed by atoms with Gasteiger partial charge in [0.15, 0.2) is 12.6 Å². The number of hydrogen-bond acceptors (Lipinski definition) is 11. The minimum absolute atomic E-state index is 0.00293. The first-order valence-electron chi connectivity index (χ1n) is 20.6. The fraction of sp³-hybridized carbons (Fsp3) is 0.929. The molecule has 2 heterocycles. The number of hydrogen-bond donors (Lipinski definition) is 7. The van der Waals surface area contributed by atoms with Crippen LogP contribution in [0.3, 0.4) is 0 Å². The maximum absolute atomic E-state index is 13.0. The molecule has 2 aliphatic heterocycles. The predicted molar refractivity (Wildman–Crippen MR) is 197 cm³/mol. The highest BCUT2D eigenvalue weighted by molar-refractivity contribution is 5.76. The molecular formula is C42H68O12. The van der Waals surface area contributed by atoms with E-state index in [2.05, 4.69) is 54.5 Å². The van der Waals surface area contributed by atoms with E-state index in [1.807, 2.05) is 0 Å². The molecule has 0 aromatic rings. The van der Waals surface area contributed by atoms with Gasteiger partial charge in [0.2, 0.25) is 0 Å². The average molecular weight is 765 g/mol. The average Bonchev–Trinajstić information content (AvgIpc) is 3.09. The van der Waals surface area contributed by atoms with Crippen LogP contribution in [-0.2, 0) is 23.7 Å².